The number of hydrogen-bond donors (Lipinski definition) is 4. The van der Waals surface area contributed by atoms with Gasteiger partial charge in [-0.25, -0.2) is 38.3 Å². The van der Waals surface area contributed by atoms with Crippen molar-refractivity contribution < 1.29 is 72.4 Å². The normalized spacial score (nSPS) is 13.1. The van der Waals surface area contributed by atoms with Gasteiger partial charge in [0.2, 0.25) is 6.40 Å². The molecule has 0 bridgehead atoms. The molecule has 1 aliphatic rings. The van der Waals surface area contributed by atoms with E-state index < -0.39 is 65.7 Å². The molecular formula is C69H89N9O15. The van der Waals surface area contributed by atoms with Crippen LogP contribution in [-0.4, -0.2) is 133 Å². The van der Waals surface area contributed by atoms with Gasteiger partial charge in [-0.1, -0.05) is 176 Å². The largest absolute Gasteiger partial charge is 0.459 e. The van der Waals surface area contributed by atoms with Crippen molar-refractivity contribution in [1.29, 1.82) is 0 Å². The second-order valence-corrected chi connectivity index (χ2v) is 21.8. The number of ether oxygens (including phenoxy) is 6. The minimum absolute atomic E-state index is 0.0346. The summed E-state index contributed by atoms with van der Waals surface area (Å²) in [4.78, 5) is 74.6. The van der Waals surface area contributed by atoms with Gasteiger partial charge < -0.3 is 54.2 Å². The average Bonchev–Trinajstić information content (AvgIpc) is 2.01. The lowest BCUT2D eigenvalue weighted by Gasteiger charge is -2.22. The highest BCUT2D eigenvalue weighted by Gasteiger charge is 2.28. The van der Waals surface area contributed by atoms with E-state index in [0.717, 1.165) is 60.8 Å². The third-order valence-electron chi connectivity index (χ3n) is 11.9. The highest BCUT2D eigenvalue weighted by atomic mass is 17.2. The van der Waals surface area contributed by atoms with Crippen LogP contribution in [0.4, 0.5) is 9.59 Å². The number of aliphatic hydroxyl groups excluding tert-OH is 2. The number of esters is 3. The monoisotopic (exact) mass is 1280 g/mol. The predicted molar refractivity (Wildman–Crippen MR) is 348 cm³/mol. The van der Waals surface area contributed by atoms with Crippen LogP contribution in [0.15, 0.2) is 169 Å². The summed E-state index contributed by atoms with van der Waals surface area (Å²) >= 11 is 0. The number of alkyl carbamates (subject to hydrolysis) is 2. The molecule has 8 rings (SSSR count). The summed E-state index contributed by atoms with van der Waals surface area (Å²) in [6.45, 7) is 16.7. The van der Waals surface area contributed by atoms with E-state index in [1.807, 2.05) is 166 Å². The van der Waals surface area contributed by atoms with Gasteiger partial charge in [0.05, 0.1) is 31.6 Å². The van der Waals surface area contributed by atoms with Crippen molar-refractivity contribution in [2.45, 2.75) is 156 Å². The number of hydrogen-bond acceptors (Lipinski definition) is 20. The number of amides is 2. The standard InChI is InChI=1S/C24H28N4O4.C21H22N4O4.C17H21NO4.C4H8O2.C2H6.CH4O/c1-24(2,3)32-23(30)25-21(22(29)31-17-19-12-8-5-9-13-19)14-20-16-28(27-26-20)15-18-10-6-4-7-11-18;1-27-29-16-22-20(21(26)28-15-18-10-6-3-7-11-18)12-19-14-25(24-23-19)13-17-8-4-2-5-9-17;1-5-9-14(18-16(20)22-17(2,3)4)15(19)21-12-13-10-7-6-8-11-13;5-4-2-1-3-6-4;2*1-2/h4-13,16,21H,14-15,17H2,1-3H3,(H,25,30);2-11,14,16,20H,12-13,15H2,1H3;1,6-8,10-11,14H,9,12H2,2-4H3,(H,18,20);4-5H,1-3H2;1-2H3;2H,1H3/t21-;20-;14-;;;/m000.../s1. The Balaban J connectivity index is 0.000000343. The molecule has 2 aromatic heterocycles. The van der Waals surface area contributed by atoms with Crippen LogP contribution in [0, 0.1) is 12.3 Å². The molecule has 7 aromatic rings. The van der Waals surface area contributed by atoms with Crippen LogP contribution in [0.1, 0.15) is 114 Å². The van der Waals surface area contributed by atoms with Crippen LogP contribution in [0.5, 0.6) is 0 Å². The zero-order valence-corrected chi connectivity index (χ0v) is 54.7. The van der Waals surface area contributed by atoms with Crippen molar-refractivity contribution >= 4 is 36.5 Å². The Morgan fingerprint density at radius 2 is 0.989 bits per heavy atom. The Kier molecular flexibility index (Phi) is 36.5. The fourth-order valence-electron chi connectivity index (χ4n) is 7.75. The summed E-state index contributed by atoms with van der Waals surface area (Å²) < 4.78 is 34.5. The molecule has 1 aliphatic heterocycles. The van der Waals surface area contributed by atoms with Crippen molar-refractivity contribution in [1.82, 2.24) is 40.6 Å². The molecule has 0 spiro atoms. The van der Waals surface area contributed by atoms with Gasteiger partial charge in [-0.2, -0.15) is 4.89 Å². The number of rotatable bonds is 23. The first-order valence-electron chi connectivity index (χ1n) is 30.1. The van der Waals surface area contributed by atoms with E-state index in [1.54, 1.807) is 63.3 Å². The van der Waals surface area contributed by atoms with Crippen LogP contribution < -0.4 is 10.6 Å². The molecule has 3 heterocycles. The zero-order valence-electron chi connectivity index (χ0n) is 54.7. The molecule has 1 fully saturated rings. The Bertz CT molecular complexity index is 3260. The van der Waals surface area contributed by atoms with Gasteiger partial charge in [0.1, 0.15) is 43.1 Å². The van der Waals surface area contributed by atoms with E-state index in [1.165, 1.54) is 7.11 Å². The lowest BCUT2D eigenvalue weighted by molar-refractivity contribution is -0.188. The molecule has 5 aromatic carbocycles. The molecule has 4 N–H and O–H groups in total. The van der Waals surface area contributed by atoms with E-state index in [9.17, 15) is 24.0 Å². The third-order valence-corrected chi connectivity index (χ3v) is 11.9. The van der Waals surface area contributed by atoms with E-state index in [4.69, 9.17) is 45.1 Å². The fraction of sp³-hybridized carbons (Fsp3) is 0.391. The first-order chi connectivity index (χ1) is 44.7. The Labute approximate surface area is 544 Å². The average molecular weight is 1280 g/mol. The number of aromatic nitrogens is 6. The molecule has 24 nitrogen and oxygen atoms in total. The highest BCUT2D eigenvalue weighted by Crippen LogP contribution is 2.14. The number of terminal acetylenes is 1. The first-order valence-corrected chi connectivity index (χ1v) is 30.1. The van der Waals surface area contributed by atoms with Gasteiger partial charge in [-0.05, 0) is 75.8 Å². The molecule has 0 saturated carbocycles. The Morgan fingerprint density at radius 1 is 0.613 bits per heavy atom. The summed E-state index contributed by atoms with van der Waals surface area (Å²) in [5.41, 5.74) is 4.61. The summed E-state index contributed by atoms with van der Waals surface area (Å²) in [5, 5.41) is 37.1. The highest BCUT2D eigenvalue weighted by molar-refractivity contribution is 5.82. The number of nitrogens with one attached hydrogen (secondary N) is 2. The molecule has 1 unspecified atom stereocenters. The topological polar surface area (TPSA) is 297 Å². The van der Waals surface area contributed by atoms with Gasteiger partial charge in [0, 0.05) is 51.8 Å². The number of benzene rings is 5. The molecule has 4 atom stereocenters. The molecule has 2 amide bonds. The summed E-state index contributed by atoms with van der Waals surface area (Å²) in [6.07, 6.45) is 10.2. The van der Waals surface area contributed by atoms with Gasteiger partial charge in [-0.15, -0.1) is 22.5 Å². The Morgan fingerprint density at radius 3 is 1.34 bits per heavy atom. The molecule has 1 saturated heterocycles. The summed E-state index contributed by atoms with van der Waals surface area (Å²) in [7, 11) is 2.35. The maximum atomic E-state index is 12.8. The summed E-state index contributed by atoms with van der Waals surface area (Å²) in [6, 6.07) is 45.1. The van der Waals surface area contributed by atoms with Crippen LogP contribution in [0.2, 0.25) is 0 Å². The van der Waals surface area contributed by atoms with E-state index in [0.29, 0.717) is 24.5 Å². The number of carbonyl (C=O) groups excluding carboxylic acids is 5. The first kappa shape index (κ1) is 77.4. The van der Waals surface area contributed by atoms with E-state index in [2.05, 4.69) is 51.9 Å². The van der Waals surface area contributed by atoms with Crippen molar-refractivity contribution in [2.24, 2.45) is 4.99 Å². The lowest BCUT2D eigenvalue weighted by Crippen LogP contribution is -2.45. The van der Waals surface area contributed by atoms with Crippen LogP contribution in [0.25, 0.3) is 0 Å². The van der Waals surface area contributed by atoms with Crippen molar-refractivity contribution in [3.63, 3.8) is 0 Å². The second kappa shape index (κ2) is 43.8. The molecule has 93 heavy (non-hydrogen) atoms. The smallest absolute Gasteiger partial charge is 0.408 e. The van der Waals surface area contributed by atoms with Crippen LogP contribution >= 0.6 is 0 Å². The van der Waals surface area contributed by atoms with Gasteiger partial charge in [0.25, 0.3) is 0 Å². The van der Waals surface area contributed by atoms with E-state index in [-0.39, 0.29) is 39.1 Å². The number of aliphatic imine (C=N–C) groups is 1. The zero-order chi connectivity index (χ0) is 68.3. The predicted octanol–water partition coefficient (Wildman–Crippen LogP) is 9.49. The summed E-state index contributed by atoms with van der Waals surface area (Å²) in [5.74, 6) is 0.698. The SMILES string of the molecule is C#CC[C@H](NC(=O)OC(C)(C)C)C(=O)OCc1ccccc1.CC.CC(C)(C)OC(=O)N[C@@H](Cc1cn(Cc2ccccc2)nn1)C(=O)OCc1ccccc1.CO.COOC=N[C@@H](Cc1cn(Cc2ccccc2)nn1)C(=O)OCc1ccccc1.OC1CCCO1. The van der Waals surface area contributed by atoms with Crippen molar-refractivity contribution in [2.75, 3.05) is 20.8 Å². The molecule has 500 valence electrons. The van der Waals surface area contributed by atoms with Gasteiger partial charge in [0.15, 0.2) is 12.3 Å². The van der Waals surface area contributed by atoms with Crippen LogP contribution in [-0.2, 0) is 98.3 Å². The van der Waals surface area contributed by atoms with E-state index >= 15 is 0 Å². The van der Waals surface area contributed by atoms with Gasteiger partial charge >= 0.3 is 30.1 Å². The minimum Gasteiger partial charge on any atom is -0.459 e. The third kappa shape index (κ3) is 34.3. The Hall–Kier alpha value is -9.80. The number of nitrogens with zero attached hydrogens (tertiary/aromatic N) is 7. The second-order valence-electron chi connectivity index (χ2n) is 21.8. The van der Waals surface area contributed by atoms with Crippen LogP contribution in [0.3, 0.4) is 0 Å². The van der Waals surface area contributed by atoms with Crippen molar-refractivity contribution in [3.05, 3.63) is 203 Å². The fourth-order valence-corrected chi connectivity index (χ4v) is 7.75. The van der Waals surface area contributed by atoms with Gasteiger partial charge in [-0.3, -0.25) is 0 Å². The maximum Gasteiger partial charge on any atom is 0.408 e. The molecule has 0 radical (unpaired) electrons. The molecule has 24 heteroatoms. The lowest BCUT2D eigenvalue weighted by atomic mass is 10.1. The quantitative estimate of drug-likeness (QED) is 0.00881. The minimum atomic E-state index is -0.963. The number of carbonyl (C=O) groups is 5. The molecular weight excluding hydrogens is 1190 g/mol. The molecule has 0 aliphatic carbocycles. The number of aliphatic hydroxyl groups is 2. The van der Waals surface area contributed by atoms with Crippen molar-refractivity contribution in [3.8, 4) is 12.3 Å². The maximum absolute atomic E-state index is 12.8.